The van der Waals surface area contributed by atoms with Crippen LogP contribution < -0.4 is 16.6 Å². The number of hydrogen-bond donors (Lipinski definition) is 3. The van der Waals surface area contributed by atoms with Gasteiger partial charge in [-0.05, 0) is 49.3 Å². The number of benzene rings is 2. The Labute approximate surface area is 263 Å². The number of rotatable bonds is 12. The predicted molar refractivity (Wildman–Crippen MR) is 173 cm³/mol. The highest BCUT2D eigenvalue weighted by atomic mass is 16.3. The molecule has 0 spiro atoms. The van der Waals surface area contributed by atoms with Crippen molar-refractivity contribution in [3.8, 4) is 11.3 Å². The van der Waals surface area contributed by atoms with E-state index in [9.17, 15) is 19.5 Å². The molecule has 4 N–H and O–H groups in total. The summed E-state index contributed by atoms with van der Waals surface area (Å²) in [5.74, 6) is 0.190. The lowest BCUT2D eigenvalue weighted by Crippen LogP contribution is -2.49. The number of nitrogens with zero attached hydrogens (tertiary/aromatic N) is 5. The molecule has 0 aliphatic carbocycles. The molecule has 11 nitrogen and oxygen atoms in total. The van der Waals surface area contributed by atoms with Gasteiger partial charge in [0.05, 0.1) is 24.2 Å². The minimum Gasteiger partial charge on any atom is -0.388 e. The summed E-state index contributed by atoms with van der Waals surface area (Å²) in [5, 5.41) is 18.8. The van der Waals surface area contributed by atoms with Gasteiger partial charge in [-0.1, -0.05) is 61.5 Å². The van der Waals surface area contributed by atoms with Crippen molar-refractivity contribution in [1.82, 2.24) is 29.5 Å². The summed E-state index contributed by atoms with van der Waals surface area (Å²) in [7, 11) is 1.77. The summed E-state index contributed by atoms with van der Waals surface area (Å²) >= 11 is 0. The van der Waals surface area contributed by atoms with E-state index < -0.39 is 5.60 Å². The second-order valence-corrected chi connectivity index (χ2v) is 12.2. The number of fused-ring (bicyclic) bond motifs is 1. The lowest BCUT2D eigenvalue weighted by Gasteiger charge is -2.38. The van der Waals surface area contributed by atoms with Crippen LogP contribution in [0, 0.1) is 0 Å². The first-order valence-electron chi connectivity index (χ1n) is 15.7. The Balaban J connectivity index is 1.21. The van der Waals surface area contributed by atoms with Crippen LogP contribution in [0.5, 0.6) is 0 Å². The first-order chi connectivity index (χ1) is 21.7. The number of aryl methyl sites for hydroxylation is 1. The first kappa shape index (κ1) is 32.1. The first-order valence-corrected chi connectivity index (χ1v) is 15.7. The van der Waals surface area contributed by atoms with Crippen molar-refractivity contribution < 1.29 is 14.7 Å². The van der Waals surface area contributed by atoms with Gasteiger partial charge in [0.2, 0.25) is 11.8 Å². The topological polar surface area (TPSA) is 148 Å². The van der Waals surface area contributed by atoms with Gasteiger partial charge in [0.1, 0.15) is 5.52 Å². The van der Waals surface area contributed by atoms with Crippen molar-refractivity contribution in [2.24, 2.45) is 12.8 Å². The average Bonchev–Trinajstić information content (AvgIpc) is 3.39. The molecule has 0 bridgehead atoms. The summed E-state index contributed by atoms with van der Waals surface area (Å²) in [6.45, 7) is 4.01. The van der Waals surface area contributed by atoms with Gasteiger partial charge in [-0.25, -0.2) is 4.98 Å². The minimum atomic E-state index is -1.13. The molecule has 0 saturated carbocycles. The number of nitrogens with one attached hydrogen (secondary N) is 1. The molecular weight excluding hydrogens is 570 g/mol. The van der Waals surface area contributed by atoms with Crippen LogP contribution in [0.1, 0.15) is 62.5 Å². The third kappa shape index (κ3) is 7.66. The number of amides is 2. The third-order valence-corrected chi connectivity index (χ3v) is 8.75. The van der Waals surface area contributed by atoms with Crippen LogP contribution in [-0.2, 0) is 29.7 Å². The molecule has 4 aromatic rings. The van der Waals surface area contributed by atoms with Crippen LogP contribution in [0.25, 0.3) is 22.3 Å². The molecule has 0 radical (unpaired) electrons. The smallest absolute Gasteiger partial charge is 0.281 e. The van der Waals surface area contributed by atoms with Crippen molar-refractivity contribution in [2.45, 2.75) is 70.1 Å². The van der Waals surface area contributed by atoms with E-state index >= 15 is 0 Å². The van der Waals surface area contributed by atoms with Crippen molar-refractivity contribution in [2.75, 3.05) is 19.6 Å². The molecule has 11 heteroatoms. The number of hydrogen-bond acceptors (Lipinski definition) is 7. The zero-order valence-electron chi connectivity index (χ0n) is 26.1. The maximum Gasteiger partial charge on any atom is 0.281 e. The lowest BCUT2D eigenvalue weighted by atomic mass is 9.90. The van der Waals surface area contributed by atoms with Crippen molar-refractivity contribution in [3.05, 3.63) is 82.4 Å². The highest BCUT2D eigenvalue weighted by Crippen LogP contribution is 2.28. The zero-order valence-corrected chi connectivity index (χ0v) is 26.1. The molecule has 5 rings (SSSR count). The Kier molecular flexibility index (Phi) is 10.1. The van der Waals surface area contributed by atoms with Gasteiger partial charge in [-0.3, -0.25) is 23.6 Å². The molecule has 1 aliphatic rings. The highest BCUT2D eigenvalue weighted by Gasteiger charge is 2.35. The molecule has 2 aromatic carbocycles. The SMILES string of the molecule is C[C@H](CC(=O)N1CCC(O)(Cn2cnc3c(-c4ccc(CNC(=O)CCCCN)cc4)n(C)nc3c2=O)CC1)c1ccccc1. The molecule has 1 aliphatic heterocycles. The molecule has 2 amide bonds. The van der Waals surface area contributed by atoms with Gasteiger partial charge in [-0.2, -0.15) is 5.10 Å². The molecule has 1 fully saturated rings. The van der Waals surface area contributed by atoms with Gasteiger partial charge >= 0.3 is 0 Å². The Bertz CT molecular complexity index is 1670. The average molecular weight is 614 g/mol. The Morgan fingerprint density at radius 3 is 2.44 bits per heavy atom. The van der Waals surface area contributed by atoms with Crippen LogP contribution in [-0.4, -0.2) is 66.4 Å². The van der Waals surface area contributed by atoms with Crippen LogP contribution in [0.2, 0.25) is 0 Å². The fourth-order valence-corrected chi connectivity index (χ4v) is 5.97. The van der Waals surface area contributed by atoms with Crippen LogP contribution >= 0.6 is 0 Å². The van der Waals surface area contributed by atoms with Crippen LogP contribution in [0.4, 0.5) is 0 Å². The number of nitrogens with two attached hydrogens (primary N) is 1. The third-order valence-electron chi connectivity index (χ3n) is 8.75. The largest absolute Gasteiger partial charge is 0.388 e. The maximum atomic E-state index is 13.5. The van der Waals surface area contributed by atoms with Crippen molar-refractivity contribution in [1.29, 1.82) is 0 Å². The van der Waals surface area contributed by atoms with E-state index in [1.165, 1.54) is 10.9 Å². The van der Waals surface area contributed by atoms with E-state index in [4.69, 9.17) is 5.73 Å². The van der Waals surface area contributed by atoms with Gasteiger partial charge in [-0.15, -0.1) is 0 Å². The second-order valence-electron chi connectivity index (χ2n) is 12.2. The zero-order chi connectivity index (χ0) is 32.0. The lowest BCUT2D eigenvalue weighted by molar-refractivity contribution is -0.136. The quantitative estimate of drug-likeness (QED) is 0.208. The molecule has 3 heterocycles. The van der Waals surface area contributed by atoms with E-state index in [-0.39, 0.29) is 35.4 Å². The van der Waals surface area contributed by atoms with E-state index in [1.54, 1.807) is 11.7 Å². The van der Waals surface area contributed by atoms with E-state index in [0.29, 0.717) is 63.1 Å². The van der Waals surface area contributed by atoms with E-state index in [1.807, 2.05) is 59.5 Å². The highest BCUT2D eigenvalue weighted by molar-refractivity contribution is 5.89. The fourth-order valence-electron chi connectivity index (χ4n) is 5.97. The Morgan fingerprint density at radius 2 is 1.76 bits per heavy atom. The summed E-state index contributed by atoms with van der Waals surface area (Å²) in [6.07, 6.45) is 4.70. The Hall–Kier alpha value is -4.35. The predicted octanol–water partition coefficient (Wildman–Crippen LogP) is 3.09. The molecule has 0 unspecified atom stereocenters. The molecule has 1 atom stereocenters. The number of aromatic nitrogens is 4. The van der Waals surface area contributed by atoms with Crippen molar-refractivity contribution in [3.63, 3.8) is 0 Å². The molecule has 2 aromatic heterocycles. The Morgan fingerprint density at radius 1 is 1.04 bits per heavy atom. The maximum absolute atomic E-state index is 13.5. The second kappa shape index (κ2) is 14.2. The van der Waals surface area contributed by atoms with E-state index in [2.05, 4.69) is 22.3 Å². The number of carbonyl (C=O) groups is 2. The van der Waals surface area contributed by atoms with Gasteiger partial charge in [0.15, 0.2) is 5.52 Å². The normalized spacial score (nSPS) is 15.2. The summed E-state index contributed by atoms with van der Waals surface area (Å²) in [6, 6.07) is 17.7. The van der Waals surface area contributed by atoms with Gasteiger partial charge in [0.25, 0.3) is 5.56 Å². The molecular formula is C34H43N7O4. The number of piperidine rings is 1. The van der Waals surface area contributed by atoms with E-state index in [0.717, 1.165) is 29.5 Å². The van der Waals surface area contributed by atoms with Crippen LogP contribution in [0.3, 0.4) is 0 Å². The standard InChI is InChI=1S/C34H43N7O4/c1-24(26-8-4-3-5-9-26)20-29(43)40-18-15-34(45,16-19-40)22-41-23-37-30-31(33(41)44)38-39(2)32(30)27-13-11-25(12-14-27)21-36-28(42)10-6-7-17-35/h3-5,8-9,11-14,23-24,45H,6-7,10,15-22,35H2,1-2H3,(H,36,42)/t24-/m1/s1. The molecule has 45 heavy (non-hydrogen) atoms. The van der Waals surface area contributed by atoms with Gasteiger partial charge in [0, 0.05) is 45.1 Å². The number of unbranched alkanes of at least 4 members (excludes halogenated alkanes) is 1. The number of likely N-dealkylation sites (tertiary alicyclic amines) is 1. The number of carbonyl (C=O) groups excluding carboxylic acids is 2. The monoisotopic (exact) mass is 613 g/mol. The molecule has 1 saturated heterocycles. The summed E-state index contributed by atoms with van der Waals surface area (Å²) < 4.78 is 3.07. The fraction of sp³-hybridized carbons (Fsp3) is 0.441. The summed E-state index contributed by atoms with van der Waals surface area (Å²) in [5.41, 5.74) is 8.41. The summed E-state index contributed by atoms with van der Waals surface area (Å²) in [4.78, 5) is 44.9. The molecule has 238 valence electrons. The number of aliphatic hydroxyl groups is 1. The minimum absolute atomic E-state index is 0.00260. The van der Waals surface area contributed by atoms with Crippen molar-refractivity contribution >= 4 is 22.8 Å². The van der Waals surface area contributed by atoms with Crippen LogP contribution in [0.15, 0.2) is 65.7 Å². The van der Waals surface area contributed by atoms with Gasteiger partial charge < -0.3 is 21.1 Å².